The zero-order valence-corrected chi connectivity index (χ0v) is 20.0. The summed E-state index contributed by atoms with van der Waals surface area (Å²) in [4.78, 5) is 42.0. The summed E-state index contributed by atoms with van der Waals surface area (Å²) in [7, 11) is 0. The number of fused-ring (bicyclic) bond motifs is 1. The van der Waals surface area contributed by atoms with Gasteiger partial charge >= 0.3 is 5.69 Å². The topological polar surface area (TPSA) is 99.6 Å². The molecule has 0 spiro atoms. The van der Waals surface area contributed by atoms with E-state index in [0.717, 1.165) is 19.3 Å². The molecular formula is C25H36N4O4. The molecule has 3 atom stereocenters. The molecule has 1 aromatic carbocycles. The Balaban J connectivity index is 1.77. The van der Waals surface area contributed by atoms with Gasteiger partial charge in [-0.3, -0.25) is 14.2 Å². The molecule has 8 nitrogen and oxygen atoms in total. The zero-order valence-electron chi connectivity index (χ0n) is 20.0. The summed E-state index contributed by atoms with van der Waals surface area (Å²) in [5.74, 6) is 0.691. The minimum Gasteiger partial charge on any atom is -0.378 e. The first-order valence-corrected chi connectivity index (χ1v) is 12.2. The molecule has 0 radical (unpaired) electrons. The Morgan fingerprint density at radius 1 is 1.15 bits per heavy atom. The van der Waals surface area contributed by atoms with Crippen molar-refractivity contribution in [3.63, 3.8) is 0 Å². The van der Waals surface area contributed by atoms with E-state index in [0.29, 0.717) is 61.3 Å². The summed E-state index contributed by atoms with van der Waals surface area (Å²) in [6.45, 7) is 9.19. The number of nitrogens with two attached hydrogens (primary N) is 1. The third-order valence-corrected chi connectivity index (χ3v) is 7.39. The number of benzene rings is 1. The number of rotatable bonds is 5. The van der Waals surface area contributed by atoms with Crippen LogP contribution in [0.2, 0.25) is 0 Å². The van der Waals surface area contributed by atoms with E-state index in [1.54, 1.807) is 27.7 Å². The lowest BCUT2D eigenvalue weighted by atomic mass is 9.69. The van der Waals surface area contributed by atoms with Crippen LogP contribution in [0.4, 0.5) is 0 Å². The average molecular weight is 457 g/mol. The van der Waals surface area contributed by atoms with Crippen LogP contribution in [0, 0.1) is 23.7 Å². The van der Waals surface area contributed by atoms with Gasteiger partial charge < -0.3 is 15.4 Å². The van der Waals surface area contributed by atoms with Gasteiger partial charge in [-0.1, -0.05) is 27.2 Å². The smallest absolute Gasteiger partial charge is 0.336 e. The van der Waals surface area contributed by atoms with Crippen LogP contribution < -0.4 is 11.4 Å². The van der Waals surface area contributed by atoms with E-state index in [2.05, 4.69) is 20.8 Å². The number of ether oxygens (including phenoxy) is 1. The minimum atomic E-state index is -0.364. The van der Waals surface area contributed by atoms with Crippen LogP contribution in [0.1, 0.15) is 55.2 Å². The van der Waals surface area contributed by atoms with Crippen molar-refractivity contribution in [2.45, 2.75) is 46.6 Å². The number of carbonyl (C=O) groups excluding carboxylic acids is 2. The number of aromatic nitrogens is 2. The van der Waals surface area contributed by atoms with E-state index in [4.69, 9.17) is 10.5 Å². The summed E-state index contributed by atoms with van der Waals surface area (Å²) in [5.41, 5.74) is 7.08. The van der Waals surface area contributed by atoms with Gasteiger partial charge in [0, 0.05) is 37.7 Å². The quantitative estimate of drug-likeness (QED) is 0.746. The molecule has 2 heterocycles. The zero-order chi connectivity index (χ0) is 23.7. The second-order valence-corrected chi connectivity index (χ2v) is 9.94. The van der Waals surface area contributed by atoms with Crippen molar-refractivity contribution < 1.29 is 14.3 Å². The van der Waals surface area contributed by atoms with E-state index >= 15 is 0 Å². The highest BCUT2D eigenvalue weighted by Gasteiger charge is 2.37. The fourth-order valence-electron chi connectivity index (χ4n) is 5.55. The largest absolute Gasteiger partial charge is 0.378 e. The normalized spacial score (nSPS) is 23.9. The molecule has 33 heavy (non-hydrogen) atoms. The lowest BCUT2D eigenvalue weighted by molar-refractivity contribution is 0.0303. The third kappa shape index (κ3) is 4.51. The predicted octanol–water partition coefficient (Wildman–Crippen LogP) is 2.58. The Bertz CT molecular complexity index is 1080. The van der Waals surface area contributed by atoms with Gasteiger partial charge in [0.1, 0.15) is 0 Å². The predicted molar refractivity (Wildman–Crippen MR) is 127 cm³/mol. The Morgan fingerprint density at radius 2 is 1.88 bits per heavy atom. The Morgan fingerprint density at radius 3 is 2.55 bits per heavy atom. The maximum atomic E-state index is 13.8. The molecule has 180 valence electrons. The highest BCUT2D eigenvalue weighted by Crippen LogP contribution is 2.39. The van der Waals surface area contributed by atoms with Gasteiger partial charge in [-0.05, 0) is 48.8 Å². The second kappa shape index (κ2) is 9.81. The molecule has 1 unspecified atom stereocenters. The van der Waals surface area contributed by atoms with Crippen molar-refractivity contribution in [1.82, 2.24) is 14.0 Å². The van der Waals surface area contributed by atoms with Crippen molar-refractivity contribution in [1.29, 1.82) is 0 Å². The maximum absolute atomic E-state index is 13.8. The highest BCUT2D eigenvalue weighted by molar-refractivity contribution is 5.99. The summed E-state index contributed by atoms with van der Waals surface area (Å²) in [5, 5.41) is 0. The van der Waals surface area contributed by atoms with Gasteiger partial charge in [-0.2, -0.15) is 0 Å². The van der Waals surface area contributed by atoms with Gasteiger partial charge in [0.2, 0.25) is 5.91 Å². The number of hydrogen-bond acceptors (Lipinski definition) is 5. The first-order chi connectivity index (χ1) is 15.8. The summed E-state index contributed by atoms with van der Waals surface area (Å²) in [6, 6.07) is 5.20. The molecule has 2 fully saturated rings. The van der Waals surface area contributed by atoms with Gasteiger partial charge in [-0.25, -0.2) is 9.36 Å². The van der Waals surface area contributed by atoms with Crippen molar-refractivity contribution in [3.8, 4) is 0 Å². The monoisotopic (exact) mass is 456 g/mol. The fourth-order valence-corrected chi connectivity index (χ4v) is 5.55. The van der Waals surface area contributed by atoms with E-state index < -0.39 is 0 Å². The van der Waals surface area contributed by atoms with Crippen LogP contribution in [-0.4, -0.2) is 58.7 Å². The van der Waals surface area contributed by atoms with Crippen LogP contribution in [0.25, 0.3) is 11.0 Å². The number of amides is 1. The van der Waals surface area contributed by atoms with Crippen molar-refractivity contribution >= 4 is 22.8 Å². The second-order valence-electron chi connectivity index (χ2n) is 9.94. The molecule has 1 amide bonds. The summed E-state index contributed by atoms with van der Waals surface area (Å²) in [6.07, 6.45) is 2.92. The first kappa shape index (κ1) is 23.7. The molecule has 8 heteroatoms. The molecule has 1 aliphatic carbocycles. The SMILES string of the molecule is CC(C)[C@@H]1CC[C@@H](C)CC1C(=O)n1c(=O)n(CCN)c2cc(C(=O)N3CCOCC3)ccc21. The Kier molecular flexibility index (Phi) is 7.05. The van der Waals surface area contributed by atoms with Crippen molar-refractivity contribution in [3.05, 3.63) is 34.2 Å². The van der Waals surface area contributed by atoms with Crippen molar-refractivity contribution in [2.24, 2.45) is 29.4 Å². The minimum absolute atomic E-state index is 0.0907. The maximum Gasteiger partial charge on any atom is 0.336 e. The fraction of sp³-hybridized carbons (Fsp3) is 0.640. The lowest BCUT2D eigenvalue weighted by Crippen LogP contribution is -2.40. The Hall–Kier alpha value is -2.45. The standard InChI is InChI=1S/C25H36N4O4/c1-16(2)19-6-4-17(3)14-20(19)24(31)29-21-7-5-18(23(30)27-10-12-33-13-11-27)15-22(21)28(9-8-26)25(29)32/h5,7,15-17,19-20H,4,6,8-14,26H2,1-3H3/t17-,19+,20?/m1/s1. The van der Waals surface area contributed by atoms with E-state index in [1.807, 2.05) is 0 Å². The Labute approximate surface area is 194 Å². The first-order valence-electron chi connectivity index (χ1n) is 12.2. The number of imidazole rings is 1. The molecule has 4 rings (SSSR count). The molecule has 1 aliphatic heterocycles. The average Bonchev–Trinajstić information content (AvgIpc) is 3.09. The number of hydrogen-bond donors (Lipinski definition) is 1. The van der Waals surface area contributed by atoms with E-state index in [1.165, 1.54) is 4.57 Å². The van der Waals surface area contributed by atoms with E-state index in [-0.39, 0.29) is 35.9 Å². The van der Waals surface area contributed by atoms with Crippen molar-refractivity contribution in [2.75, 3.05) is 32.8 Å². The summed E-state index contributed by atoms with van der Waals surface area (Å²) < 4.78 is 8.23. The molecule has 1 aromatic heterocycles. The number of morpholine rings is 1. The highest BCUT2D eigenvalue weighted by atomic mass is 16.5. The van der Waals surface area contributed by atoms with Gasteiger partial charge in [0.15, 0.2) is 0 Å². The lowest BCUT2D eigenvalue weighted by Gasteiger charge is -2.36. The number of nitrogens with zero attached hydrogens (tertiary/aromatic N) is 3. The number of carbonyl (C=O) groups is 2. The molecule has 2 aromatic rings. The van der Waals surface area contributed by atoms with Gasteiger partial charge in [0.25, 0.3) is 5.91 Å². The van der Waals surface area contributed by atoms with Crippen LogP contribution in [0.5, 0.6) is 0 Å². The third-order valence-electron chi connectivity index (χ3n) is 7.39. The molecule has 1 saturated heterocycles. The van der Waals surface area contributed by atoms with Gasteiger partial charge in [0.05, 0.1) is 24.2 Å². The van der Waals surface area contributed by atoms with Crippen LogP contribution >= 0.6 is 0 Å². The van der Waals surface area contributed by atoms with Crippen LogP contribution in [0.3, 0.4) is 0 Å². The summed E-state index contributed by atoms with van der Waals surface area (Å²) >= 11 is 0. The van der Waals surface area contributed by atoms with Crippen LogP contribution in [-0.2, 0) is 11.3 Å². The van der Waals surface area contributed by atoms with E-state index in [9.17, 15) is 14.4 Å². The molecule has 2 aliphatic rings. The molecule has 2 N–H and O–H groups in total. The van der Waals surface area contributed by atoms with Crippen LogP contribution in [0.15, 0.2) is 23.0 Å². The molecule has 1 saturated carbocycles. The molecular weight excluding hydrogens is 420 g/mol. The molecule has 0 bridgehead atoms. The van der Waals surface area contributed by atoms with Gasteiger partial charge in [-0.15, -0.1) is 0 Å².